The van der Waals surface area contributed by atoms with Crippen molar-refractivity contribution in [2.24, 2.45) is 0 Å². The average molecular weight is 482 g/mol. The van der Waals surface area contributed by atoms with Crippen LogP contribution in [0.3, 0.4) is 0 Å². The minimum Gasteiger partial charge on any atom is -0.456 e. The van der Waals surface area contributed by atoms with E-state index in [0.29, 0.717) is 17.7 Å². The lowest BCUT2D eigenvalue weighted by molar-refractivity contribution is -0.147. The van der Waals surface area contributed by atoms with Crippen LogP contribution >= 0.6 is 0 Å². The maximum absolute atomic E-state index is 12.8. The maximum Gasteiger partial charge on any atom is 0.306 e. The van der Waals surface area contributed by atoms with Gasteiger partial charge in [0.25, 0.3) is 11.8 Å². The highest BCUT2D eigenvalue weighted by molar-refractivity contribution is 6.04. The van der Waals surface area contributed by atoms with Crippen molar-refractivity contribution in [3.63, 3.8) is 0 Å². The van der Waals surface area contributed by atoms with Crippen molar-refractivity contribution in [1.29, 1.82) is 0 Å². The molecule has 0 fully saturated rings. The monoisotopic (exact) mass is 481 g/mol. The zero-order chi connectivity index (χ0) is 25.3. The van der Waals surface area contributed by atoms with Gasteiger partial charge in [0.15, 0.2) is 6.61 Å². The zero-order valence-corrected chi connectivity index (χ0v) is 19.9. The van der Waals surface area contributed by atoms with Gasteiger partial charge in [0.2, 0.25) is 0 Å². The molecule has 7 nitrogen and oxygen atoms in total. The first kappa shape index (κ1) is 24.6. The number of aromatic nitrogens is 1. The third-order valence-corrected chi connectivity index (χ3v) is 5.70. The number of carbonyl (C=O) groups is 3. The van der Waals surface area contributed by atoms with E-state index in [1.165, 1.54) is 0 Å². The van der Waals surface area contributed by atoms with Gasteiger partial charge in [0.05, 0.1) is 29.2 Å². The van der Waals surface area contributed by atoms with Gasteiger partial charge in [-0.15, -0.1) is 0 Å². The number of anilines is 1. The molecule has 1 unspecified atom stereocenters. The Bertz CT molecular complexity index is 1370. The molecule has 0 saturated heterocycles. The Morgan fingerprint density at radius 3 is 2.42 bits per heavy atom. The molecule has 0 aliphatic heterocycles. The number of nitrogens with zero attached hydrogens (tertiary/aromatic N) is 1. The number of esters is 1. The SMILES string of the molecule is CC(NC(=O)c1ccccc1NC(=O)COC(=O)CCc1ccc2ccccc2n1)c1ccccc1. The van der Waals surface area contributed by atoms with Crippen LogP contribution in [0.5, 0.6) is 0 Å². The van der Waals surface area contributed by atoms with Crippen LogP contribution in [0.2, 0.25) is 0 Å². The van der Waals surface area contributed by atoms with Gasteiger partial charge in [-0.3, -0.25) is 19.4 Å². The topological polar surface area (TPSA) is 97.4 Å². The summed E-state index contributed by atoms with van der Waals surface area (Å²) in [6.45, 7) is 1.45. The number of rotatable bonds is 9. The first-order chi connectivity index (χ1) is 17.5. The first-order valence-electron chi connectivity index (χ1n) is 11.7. The van der Waals surface area contributed by atoms with Gasteiger partial charge in [-0.1, -0.05) is 66.7 Å². The second-order valence-corrected chi connectivity index (χ2v) is 8.36. The van der Waals surface area contributed by atoms with Crippen molar-refractivity contribution in [1.82, 2.24) is 10.3 Å². The largest absolute Gasteiger partial charge is 0.456 e. The van der Waals surface area contributed by atoms with Crippen molar-refractivity contribution in [3.8, 4) is 0 Å². The van der Waals surface area contributed by atoms with E-state index in [9.17, 15) is 14.4 Å². The Hall–Kier alpha value is -4.52. The van der Waals surface area contributed by atoms with Gasteiger partial charge in [-0.25, -0.2) is 0 Å². The summed E-state index contributed by atoms with van der Waals surface area (Å²) in [7, 11) is 0. The number of pyridine rings is 1. The van der Waals surface area contributed by atoms with Crippen molar-refractivity contribution in [2.75, 3.05) is 11.9 Å². The molecule has 4 rings (SSSR count). The number of amides is 2. The van der Waals surface area contributed by atoms with E-state index >= 15 is 0 Å². The summed E-state index contributed by atoms with van der Waals surface area (Å²) in [6.07, 6.45) is 0.517. The van der Waals surface area contributed by atoms with Crippen molar-refractivity contribution < 1.29 is 19.1 Å². The number of carbonyl (C=O) groups excluding carboxylic acids is 3. The molecule has 0 saturated carbocycles. The lowest BCUT2D eigenvalue weighted by Gasteiger charge is -2.16. The van der Waals surface area contributed by atoms with Crippen LogP contribution in [0.4, 0.5) is 5.69 Å². The fourth-order valence-corrected chi connectivity index (χ4v) is 3.77. The van der Waals surface area contributed by atoms with Crippen LogP contribution in [0, 0.1) is 0 Å². The van der Waals surface area contributed by atoms with Gasteiger partial charge < -0.3 is 15.4 Å². The van der Waals surface area contributed by atoms with Crippen LogP contribution in [0.15, 0.2) is 91.0 Å². The third kappa shape index (κ3) is 6.54. The van der Waals surface area contributed by atoms with Gasteiger partial charge >= 0.3 is 5.97 Å². The molecule has 7 heteroatoms. The molecule has 2 amide bonds. The highest BCUT2D eigenvalue weighted by Crippen LogP contribution is 2.18. The van der Waals surface area contributed by atoms with E-state index in [1.807, 2.05) is 73.7 Å². The van der Waals surface area contributed by atoms with E-state index in [1.54, 1.807) is 24.3 Å². The van der Waals surface area contributed by atoms with E-state index in [2.05, 4.69) is 15.6 Å². The number of nitrogens with one attached hydrogen (secondary N) is 2. The van der Waals surface area contributed by atoms with Crippen molar-refractivity contribution >= 4 is 34.4 Å². The van der Waals surface area contributed by atoms with E-state index in [0.717, 1.165) is 22.2 Å². The zero-order valence-electron chi connectivity index (χ0n) is 19.9. The van der Waals surface area contributed by atoms with Crippen LogP contribution in [-0.2, 0) is 20.7 Å². The second kappa shape index (κ2) is 11.8. The second-order valence-electron chi connectivity index (χ2n) is 8.36. The minimum absolute atomic E-state index is 0.106. The normalized spacial score (nSPS) is 11.5. The van der Waals surface area contributed by atoms with Crippen LogP contribution < -0.4 is 10.6 Å². The van der Waals surface area contributed by atoms with Crippen LogP contribution in [0.1, 0.15) is 41.0 Å². The van der Waals surface area contributed by atoms with Crippen molar-refractivity contribution in [2.45, 2.75) is 25.8 Å². The maximum atomic E-state index is 12.8. The predicted molar refractivity (Wildman–Crippen MR) is 138 cm³/mol. The summed E-state index contributed by atoms with van der Waals surface area (Å²) < 4.78 is 5.13. The lowest BCUT2D eigenvalue weighted by atomic mass is 10.1. The summed E-state index contributed by atoms with van der Waals surface area (Å²) in [6, 6.07) is 27.7. The molecular weight excluding hydrogens is 454 g/mol. The molecule has 1 heterocycles. The molecule has 1 aromatic heterocycles. The predicted octanol–water partition coefficient (Wildman–Crippen LogP) is 4.84. The van der Waals surface area contributed by atoms with Gasteiger partial charge in [-0.05, 0) is 36.8 Å². The molecule has 36 heavy (non-hydrogen) atoms. The minimum atomic E-state index is -0.525. The van der Waals surface area contributed by atoms with E-state index < -0.39 is 18.5 Å². The molecule has 0 radical (unpaired) electrons. The van der Waals surface area contributed by atoms with Crippen molar-refractivity contribution in [3.05, 3.63) is 108 Å². The molecule has 4 aromatic rings. The molecule has 3 aromatic carbocycles. The Balaban J connectivity index is 1.28. The number of para-hydroxylation sites is 2. The summed E-state index contributed by atoms with van der Waals surface area (Å²) in [5, 5.41) is 6.63. The molecule has 2 N–H and O–H groups in total. The Kier molecular flexibility index (Phi) is 8.03. The molecule has 0 spiro atoms. The highest BCUT2D eigenvalue weighted by atomic mass is 16.5. The number of fused-ring (bicyclic) bond motifs is 1. The van der Waals surface area contributed by atoms with E-state index in [4.69, 9.17) is 4.74 Å². The molecule has 0 aliphatic carbocycles. The Morgan fingerprint density at radius 2 is 1.58 bits per heavy atom. The summed E-state index contributed by atoms with van der Waals surface area (Å²) in [4.78, 5) is 42.0. The number of benzene rings is 3. The molecule has 182 valence electrons. The molecule has 1 atom stereocenters. The number of aryl methyl sites for hydroxylation is 1. The van der Waals surface area contributed by atoms with E-state index in [-0.39, 0.29) is 18.4 Å². The third-order valence-electron chi connectivity index (χ3n) is 5.70. The molecule has 0 bridgehead atoms. The van der Waals surface area contributed by atoms with Crippen LogP contribution in [0.25, 0.3) is 10.9 Å². The van der Waals surface area contributed by atoms with Gasteiger partial charge in [0.1, 0.15) is 0 Å². The summed E-state index contributed by atoms with van der Waals surface area (Å²) in [5.41, 5.74) is 3.28. The lowest BCUT2D eigenvalue weighted by Crippen LogP contribution is -2.28. The summed E-state index contributed by atoms with van der Waals surface area (Å²) in [5.74, 6) is -1.34. The molecule has 0 aliphatic rings. The number of ether oxygens (including phenoxy) is 1. The number of hydrogen-bond acceptors (Lipinski definition) is 5. The average Bonchev–Trinajstić information content (AvgIpc) is 2.91. The van der Waals surface area contributed by atoms with Gasteiger partial charge in [0, 0.05) is 17.5 Å². The fraction of sp³-hybridized carbons (Fsp3) is 0.172. The number of hydrogen-bond donors (Lipinski definition) is 2. The first-order valence-corrected chi connectivity index (χ1v) is 11.7. The fourth-order valence-electron chi connectivity index (χ4n) is 3.77. The molecular formula is C29H27N3O4. The Labute approximate surface area is 209 Å². The van der Waals surface area contributed by atoms with Crippen LogP contribution in [-0.4, -0.2) is 29.4 Å². The summed E-state index contributed by atoms with van der Waals surface area (Å²) >= 11 is 0. The quantitative estimate of drug-likeness (QED) is 0.334. The highest BCUT2D eigenvalue weighted by Gasteiger charge is 2.17. The Morgan fingerprint density at radius 1 is 0.861 bits per heavy atom. The standard InChI is InChI=1S/C29H27N3O4/c1-20(21-9-3-2-4-10-21)30-29(35)24-12-6-8-14-26(24)32-27(33)19-36-28(34)18-17-23-16-15-22-11-5-7-13-25(22)31-23/h2-16,20H,17-19H2,1H3,(H,30,35)(H,32,33). The smallest absolute Gasteiger partial charge is 0.306 e. The van der Waals surface area contributed by atoms with Gasteiger partial charge in [-0.2, -0.15) is 0 Å².